The van der Waals surface area contributed by atoms with Gasteiger partial charge in [0.25, 0.3) is 5.91 Å². The number of amides is 1. The third-order valence-corrected chi connectivity index (χ3v) is 5.63. The molecule has 1 atom stereocenters. The third-order valence-electron chi connectivity index (χ3n) is 5.63. The van der Waals surface area contributed by atoms with Crippen LogP contribution in [-0.4, -0.2) is 39.0 Å². The highest BCUT2D eigenvalue weighted by atomic mass is 16.5. The van der Waals surface area contributed by atoms with Crippen molar-refractivity contribution in [3.8, 4) is 16.9 Å². The maximum Gasteiger partial charge on any atom is 0.255 e. The van der Waals surface area contributed by atoms with Crippen LogP contribution in [0.25, 0.3) is 11.1 Å². The number of methoxy groups -OCH3 is 1. The number of ether oxygens (including phenoxy) is 1. The molecule has 2 aromatic heterocycles. The van der Waals surface area contributed by atoms with E-state index in [0.717, 1.165) is 41.8 Å². The first-order valence-corrected chi connectivity index (χ1v) is 10.2. The van der Waals surface area contributed by atoms with Gasteiger partial charge in [0, 0.05) is 37.6 Å². The first kappa shape index (κ1) is 20.6. The molecule has 1 aliphatic rings. The Morgan fingerprint density at radius 3 is 2.84 bits per heavy atom. The molecule has 1 aromatic carbocycles. The number of nitrogens with two attached hydrogens (primary N) is 1. The van der Waals surface area contributed by atoms with Crippen molar-refractivity contribution in [2.24, 2.45) is 7.05 Å². The van der Waals surface area contributed by atoms with Crippen LogP contribution in [0.4, 0.5) is 5.95 Å². The number of carbonyl (C=O) groups excluding carboxylic acids is 1. The van der Waals surface area contributed by atoms with Gasteiger partial charge in [0.05, 0.1) is 24.4 Å². The van der Waals surface area contributed by atoms with Crippen molar-refractivity contribution in [2.45, 2.75) is 25.3 Å². The Morgan fingerprint density at radius 1 is 1.23 bits per heavy atom. The number of pyridine rings is 1. The van der Waals surface area contributed by atoms with Gasteiger partial charge >= 0.3 is 0 Å². The van der Waals surface area contributed by atoms with E-state index in [1.54, 1.807) is 32.6 Å². The fourth-order valence-electron chi connectivity index (χ4n) is 4.02. The number of nitrogen functional groups attached to an aromatic ring is 1. The normalized spacial score (nSPS) is 16.2. The summed E-state index contributed by atoms with van der Waals surface area (Å²) in [5, 5.41) is 0. The second-order valence-corrected chi connectivity index (χ2v) is 7.64. The standard InChI is InChI=1S/C23H25N5O3/c1-27-14-16(9-10-20(27)29)22(30)28-11-4-3-8-19(28)21-18(13-25-23(24)26-21)15-6-5-7-17(12-15)31-2/h5-7,9-10,12-14,19H,3-4,8,11H2,1-2H3,(H2,24,25,26)/t19-/m0/s1. The van der Waals surface area contributed by atoms with Gasteiger partial charge in [-0.15, -0.1) is 0 Å². The fourth-order valence-corrected chi connectivity index (χ4v) is 4.02. The van der Waals surface area contributed by atoms with Gasteiger partial charge in [0.1, 0.15) is 5.75 Å². The highest BCUT2D eigenvalue weighted by Crippen LogP contribution is 2.37. The van der Waals surface area contributed by atoms with Crippen molar-refractivity contribution in [1.29, 1.82) is 0 Å². The molecule has 2 N–H and O–H groups in total. The maximum absolute atomic E-state index is 13.4. The minimum Gasteiger partial charge on any atom is -0.497 e. The van der Waals surface area contributed by atoms with E-state index in [0.29, 0.717) is 12.1 Å². The van der Waals surface area contributed by atoms with Gasteiger partial charge in [-0.25, -0.2) is 9.97 Å². The number of piperidine rings is 1. The second-order valence-electron chi connectivity index (χ2n) is 7.64. The van der Waals surface area contributed by atoms with Crippen LogP contribution in [-0.2, 0) is 7.05 Å². The molecule has 0 spiro atoms. The Kier molecular flexibility index (Phi) is 5.70. The lowest BCUT2D eigenvalue weighted by atomic mass is 9.93. The zero-order valence-corrected chi connectivity index (χ0v) is 17.6. The zero-order valence-electron chi connectivity index (χ0n) is 17.6. The van der Waals surface area contributed by atoms with Crippen LogP contribution in [0.1, 0.15) is 41.4 Å². The van der Waals surface area contributed by atoms with Gasteiger partial charge in [-0.3, -0.25) is 9.59 Å². The zero-order chi connectivity index (χ0) is 22.0. The molecule has 8 heteroatoms. The van der Waals surface area contributed by atoms with Crippen molar-refractivity contribution in [1.82, 2.24) is 19.4 Å². The molecule has 1 saturated heterocycles. The van der Waals surface area contributed by atoms with Gasteiger partial charge in [0.15, 0.2) is 0 Å². The molecule has 0 bridgehead atoms. The van der Waals surface area contributed by atoms with Crippen molar-refractivity contribution < 1.29 is 9.53 Å². The molecule has 0 aliphatic carbocycles. The molecule has 1 amide bonds. The summed E-state index contributed by atoms with van der Waals surface area (Å²) in [6.07, 6.45) is 5.93. The molecule has 3 heterocycles. The molecular formula is C23H25N5O3. The number of hydrogen-bond acceptors (Lipinski definition) is 6. The highest BCUT2D eigenvalue weighted by Gasteiger charge is 2.32. The van der Waals surface area contributed by atoms with Crippen molar-refractivity contribution >= 4 is 11.9 Å². The molecule has 160 valence electrons. The van der Waals surface area contributed by atoms with E-state index < -0.39 is 0 Å². The summed E-state index contributed by atoms with van der Waals surface area (Å²) in [5.74, 6) is 0.762. The predicted octanol–water partition coefficient (Wildman–Crippen LogP) is 2.80. The Hall–Kier alpha value is -3.68. The summed E-state index contributed by atoms with van der Waals surface area (Å²) in [6, 6.07) is 10.4. The van der Waals surface area contributed by atoms with E-state index in [9.17, 15) is 9.59 Å². The number of hydrogen-bond donors (Lipinski definition) is 1. The lowest BCUT2D eigenvalue weighted by Crippen LogP contribution is -2.39. The molecule has 31 heavy (non-hydrogen) atoms. The summed E-state index contributed by atoms with van der Waals surface area (Å²) in [7, 11) is 3.26. The third kappa shape index (κ3) is 4.14. The van der Waals surface area contributed by atoms with E-state index in [1.165, 1.54) is 10.6 Å². The van der Waals surface area contributed by atoms with Crippen LogP contribution in [0.5, 0.6) is 5.75 Å². The second kappa shape index (κ2) is 8.59. The Balaban J connectivity index is 1.77. The summed E-state index contributed by atoms with van der Waals surface area (Å²) in [4.78, 5) is 35.7. The molecule has 0 unspecified atom stereocenters. The first-order chi connectivity index (χ1) is 15.0. The summed E-state index contributed by atoms with van der Waals surface area (Å²) >= 11 is 0. The average Bonchev–Trinajstić information content (AvgIpc) is 2.80. The number of aryl methyl sites for hydroxylation is 1. The maximum atomic E-state index is 13.4. The molecule has 0 radical (unpaired) electrons. The average molecular weight is 419 g/mol. The Bertz CT molecular complexity index is 1170. The van der Waals surface area contributed by atoms with Gasteiger partial charge in [-0.1, -0.05) is 12.1 Å². The minimum atomic E-state index is -0.245. The molecule has 1 fully saturated rings. The van der Waals surface area contributed by atoms with Crippen LogP contribution >= 0.6 is 0 Å². The highest BCUT2D eigenvalue weighted by molar-refractivity contribution is 5.94. The number of nitrogens with zero attached hydrogens (tertiary/aromatic N) is 4. The molecule has 3 aromatic rings. The van der Waals surface area contributed by atoms with Crippen LogP contribution < -0.4 is 16.0 Å². The lowest BCUT2D eigenvalue weighted by Gasteiger charge is -2.36. The van der Waals surface area contributed by atoms with E-state index in [2.05, 4.69) is 9.97 Å². The van der Waals surface area contributed by atoms with Gasteiger partial charge in [-0.05, 0) is 43.0 Å². The predicted molar refractivity (Wildman–Crippen MR) is 118 cm³/mol. The molecule has 4 rings (SSSR count). The molecule has 1 aliphatic heterocycles. The van der Waals surface area contributed by atoms with E-state index in [4.69, 9.17) is 10.5 Å². The van der Waals surface area contributed by atoms with E-state index >= 15 is 0 Å². The quantitative estimate of drug-likeness (QED) is 0.697. The Labute approximate surface area is 180 Å². The van der Waals surface area contributed by atoms with E-state index in [1.807, 2.05) is 29.2 Å². The summed E-state index contributed by atoms with van der Waals surface area (Å²) in [5.41, 5.74) is 8.70. The number of carbonyl (C=O) groups is 1. The van der Waals surface area contributed by atoms with E-state index in [-0.39, 0.29) is 23.5 Å². The first-order valence-electron chi connectivity index (χ1n) is 10.2. The lowest BCUT2D eigenvalue weighted by molar-refractivity contribution is 0.0606. The number of aromatic nitrogens is 3. The van der Waals surface area contributed by atoms with Crippen LogP contribution in [0.15, 0.2) is 53.6 Å². The largest absolute Gasteiger partial charge is 0.497 e. The van der Waals surface area contributed by atoms with Crippen LogP contribution in [0.3, 0.4) is 0 Å². The summed E-state index contributed by atoms with van der Waals surface area (Å²) < 4.78 is 6.78. The van der Waals surface area contributed by atoms with Crippen LogP contribution in [0.2, 0.25) is 0 Å². The van der Waals surface area contributed by atoms with Crippen molar-refractivity contribution in [2.75, 3.05) is 19.4 Å². The minimum absolute atomic E-state index is 0.130. The SMILES string of the molecule is COc1cccc(-c2cnc(N)nc2[C@@H]2CCCCN2C(=O)c2ccc(=O)n(C)c2)c1. The van der Waals surface area contributed by atoms with Gasteiger partial charge in [-0.2, -0.15) is 0 Å². The Morgan fingerprint density at radius 2 is 2.06 bits per heavy atom. The number of rotatable bonds is 4. The fraction of sp³-hybridized carbons (Fsp3) is 0.304. The molecule has 0 saturated carbocycles. The van der Waals surface area contributed by atoms with Gasteiger partial charge < -0.3 is 19.9 Å². The number of anilines is 1. The molecular weight excluding hydrogens is 394 g/mol. The van der Waals surface area contributed by atoms with Crippen LogP contribution in [0, 0.1) is 0 Å². The number of benzene rings is 1. The smallest absolute Gasteiger partial charge is 0.255 e. The number of likely N-dealkylation sites (tertiary alicyclic amines) is 1. The topological polar surface area (TPSA) is 103 Å². The summed E-state index contributed by atoms with van der Waals surface area (Å²) in [6.45, 7) is 0.605. The van der Waals surface area contributed by atoms with Crippen molar-refractivity contribution in [3.63, 3.8) is 0 Å². The van der Waals surface area contributed by atoms with Gasteiger partial charge in [0.2, 0.25) is 11.5 Å². The monoisotopic (exact) mass is 419 g/mol. The molecule has 8 nitrogen and oxygen atoms in total. The van der Waals surface area contributed by atoms with Crippen molar-refractivity contribution in [3.05, 3.63) is 70.4 Å².